The Morgan fingerprint density at radius 2 is 1.11 bits per heavy atom. The lowest BCUT2D eigenvalue weighted by atomic mass is 9.80. The average molecular weight is 507 g/mol. The van der Waals surface area contributed by atoms with Crippen LogP contribution in [0.3, 0.4) is 0 Å². The minimum Gasteiger partial charge on any atom is -0.310 e. The number of para-hydroxylation sites is 3. The fourth-order valence-electron chi connectivity index (χ4n) is 6.45. The quantitative estimate of drug-likeness (QED) is 0.227. The summed E-state index contributed by atoms with van der Waals surface area (Å²) in [4.78, 5) is 2.71. The smallest absolute Gasteiger partial charge is 0.0792 e. The minimum atomic E-state index is -0.165. The first-order valence-electron chi connectivity index (χ1n) is 13.1. The highest BCUT2D eigenvalue weighted by molar-refractivity contribution is 7.99. The highest BCUT2D eigenvalue weighted by Gasteiger charge is 2.39. The van der Waals surface area contributed by atoms with E-state index in [-0.39, 0.29) is 5.41 Å². The van der Waals surface area contributed by atoms with Crippen LogP contribution in [0.1, 0.15) is 25.1 Å². The molecule has 0 unspecified atom stereocenters. The van der Waals surface area contributed by atoms with Crippen molar-refractivity contribution in [2.24, 2.45) is 0 Å². The van der Waals surface area contributed by atoms with Gasteiger partial charge in [-0.05, 0) is 42.0 Å². The maximum absolute atomic E-state index is 2.55. The van der Waals surface area contributed by atoms with Gasteiger partial charge in [0.15, 0.2) is 0 Å². The first kappa shape index (κ1) is 21.8. The highest BCUT2D eigenvalue weighted by atomic mass is 32.2. The number of hydrogen-bond acceptors (Lipinski definition) is 1. The van der Waals surface area contributed by atoms with Crippen molar-refractivity contribution < 1.29 is 0 Å². The second-order valence-electron chi connectivity index (χ2n) is 10.6. The van der Waals surface area contributed by atoms with Crippen LogP contribution in [0.2, 0.25) is 0 Å². The normalized spacial score (nSPS) is 14.2. The monoisotopic (exact) mass is 506 g/mol. The van der Waals surface area contributed by atoms with Crippen LogP contribution in [-0.4, -0.2) is 9.13 Å². The summed E-state index contributed by atoms with van der Waals surface area (Å²) in [5.74, 6) is 0. The first-order chi connectivity index (χ1) is 18.6. The molecule has 8 rings (SSSR count). The molecular formula is C35H26N2S. The zero-order valence-electron chi connectivity index (χ0n) is 21.3. The van der Waals surface area contributed by atoms with Crippen molar-refractivity contribution in [3.8, 4) is 11.4 Å². The molecule has 182 valence electrons. The number of rotatable bonds is 2. The van der Waals surface area contributed by atoms with Gasteiger partial charge in [-0.25, -0.2) is 0 Å². The summed E-state index contributed by atoms with van der Waals surface area (Å²) in [5, 5.41) is 3.87. The van der Waals surface area contributed by atoms with E-state index < -0.39 is 0 Å². The molecule has 7 aromatic rings. The number of aromatic nitrogens is 2. The second-order valence-corrected chi connectivity index (χ2v) is 11.7. The molecule has 38 heavy (non-hydrogen) atoms. The zero-order chi connectivity index (χ0) is 25.4. The Morgan fingerprint density at radius 1 is 0.526 bits per heavy atom. The van der Waals surface area contributed by atoms with Crippen molar-refractivity contribution in [1.82, 2.24) is 9.13 Å². The molecule has 0 saturated heterocycles. The Kier molecular flexibility index (Phi) is 4.54. The molecule has 0 spiro atoms. The van der Waals surface area contributed by atoms with Crippen molar-refractivity contribution in [3.05, 3.63) is 133 Å². The molecule has 0 amide bonds. The predicted molar refractivity (Wildman–Crippen MR) is 160 cm³/mol. The molecule has 0 aliphatic carbocycles. The van der Waals surface area contributed by atoms with Gasteiger partial charge in [-0.3, -0.25) is 0 Å². The Hall–Kier alpha value is -4.21. The van der Waals surface area contributed by atoms with Gasteiger partial charge < -0.3 is 9.13 Å². The van der Waals surface area contributed by atoms with Crippen molar-refractivity contribution >= 4 is 44.5 Å². The van der Waals surface area contributed by atoms with Crippen LogP contribution in [0.5, 0.6) is 0 Å². The molecule has 2 aromatic heterocycles. The molecule has 3 heteroatoms. The Labute approximate surface area is 226 Å². The molecule has 0 N–H and O–H groups in total. The van der Waals surface area contributed by atoms with Crippen LogP contribution in [0.15, 0.2) is 131 Å². The van der Waals surface area contributed by atoms with Gasteiger partial charge in [0.05, 0.1) is 16.6 Å². The molecular weight excluding hydrogens is 480 g/mol. The summed E-state index contributed by atoms with van der Waals surface area (Å²) in [7, 11) is 0. The first-order valence-corrected chi connectivity index (χ1v) is 14.0. The third-order valence-electron chi connectivity index (χ3n) is 8.11. The van der Waals surface area contributed by atoms with Gasteiger partial charge in [0, 0.05) is 48.4 Å². The van der Waals surface area contributed by atoms with Gasteiger partial charge in [0.2, 0.25) is 0 Å². The van der Waals surface area contributed by atoms with E-state index in [2.05, 4.69) is 144 Å². The summed E-state index contributed by atoms with van der Waals surface area (Å²) in [6, 6.07) is 44.1. The van der Waals surface area contributed by atoms with Crippen LogP contribution in [0.4, 0.5) is 0 Å². The largest absolute Gasteiger partial charge is 0.310 e. The lowest BCUT2D eigenvalue weighted by Crippen LogP contribution is -2.26. The van der Waals surface area contributed by atoms with E-state index in [1.54, 1.807) is 0 Å². The topological polar surface area (TPSA) is 9.86 Å². The van der Waals surface area contributed by atoms with Crippen LogP contribution in [-0.2, 0) is 5.41 Å². The summed E-state index contributed by atoms with van der Waals surface area (Å²) < 4.78 is 5.01. The Morgan fingerprint density at radius 3 is 1.87 bits per heavy atom. The van der Waals surface area contributed by atoms with Crippen LogP contribution >= 0.6 is 11.8 Å². The van der Waals surface area contributed by atoms with Crippen LogP contribution in [0.25, 0.3) is 44.1 Å². The van der Waals surface area contributed by atoms with E-state index in [4.69, 9.17) is 0 Å². The molecule has 1 aliphatic heterocycles. The van der Waals surface area contributed by atoms with Crippen molar-refractivity contribution in [2.75, 3.05) is 0 Å². The summed E-state index contributed by atoms with van der Waals surface area (Å²) in [6.07, 6.45) is 0. The SMILES string of the molecule is CC1(C)c2ccccc2Sc2c1n(-c1ccccc1)c1c2ccc2c3ccccc3n(-c3ccccc3)c21. The van der Waals surface area contributed by atoms with Gasteiger partial charge in [-0.2, -0.15) is 0 Å². The van der Waals surface area contributed by atoms with Crippen molar-refractivity contribution in [3.63, 3.8) is 0 Å². The lowest BCUT2D eigenvalue weighted by Gasteiger charge is -2.34. The minimum absolute atomic E-state index is 0.165. The highest BCUT2D eigenvalue weighted by Crippen LogP contribution is 2.54. The number of benzene rings is 5. The van der Waals surface area contributed by atoms with Gasteiger partial charge in [-0.15, -0.1) is 0 Å². The van der Waals surface area contributed by atoms with Gasteiger partial charge in [0.1, 0.15) is 0 Å². The Bertz CT molecular complexity index is 2010. The molecule has 1 aliphatic rings. The Balaban J connectivity index is 1.64. The van der Waals surface area contributed by atoms with Crippen molar-refractivity contribution in [2.45, 2.75) is 29.1 Å². The maximum Gasteiger partial charge on any atom is 0.0792 e. The van der Waals surface area contributed by atoms with Gasteiger partial charge in [0.25, 0.3) is 0 Å². The van der Waals surface area contributed by atoms with Gasteiger partial charge in [-0.1, -0.05) is 111 Å². The summed E-state index contributed by atoms with van der Waals surface area (Å²) >= 11 is 1.92. The maximum atomic E-state index is 2.55. The predicted octanol–water partition coefficient (Wildman–Crippen LogP) is 9.52. The third-order valence-corrected chi connectivity index (χ3v) is 9.30. The fourth-order valence-corrected chi connectivity index (χ4v) is 7.96. The molecule has 3 heterocycles. The number of nitrogens with zero attached hydrogens (tertiary/aromatic N) is 2. The summed E-state index contributed by atoms with van der Waals surface area (Å²) in [6.45, 7) is 4.76. The standard InChI is InChI=1S/C35H26N2S/c1-35(2)28-18-10-12-20-30(28)38-33-27-22-21-26-25-17-9-11-19-29(25)36(23-13-5-3-6-14-23)31(26)32(27)37(34(33)35)24-15-7-4-8-16-24/h3-22H,1-2H3. The zero-order valence-corrected chi connectivity index (χ0v) is 22.2. The number of hydrogen-bond donors (Lipinski definition) is 0. The molecule has 5 aromatic carbocycles. The molecule has 0 saturated carbocycles. The van der Waals surface area contributed by atoms with Gasteiger partial charge >= 0.3 is 0 Å². The molecule has 0 bridgehead atoms. The average Bonchev–Trinajstić information content (AvgIpc) is 3.48. The molecule has 2 nitrogen and oxygen atoms in total. The third kappa shape index (κ3) is 2.85. The van der Waals surface area contributed by atoms with Crippen LogP contribution in [0, 0.1) is 0 Å². The van der Waals surface area contributed by atoms with E-state index in [1.807, 2.05) is 11.8 Å². The van der Waals surface area contributed by atoms with E-state index in [0.29, 0.717) is 0 Å². The molecule has 0 radical (unpaired) electrons. The van der Waals surface area contributed by atoms with E-state index >= 15 is 0 Å². The van der Waals surface area contributed by atoms with E-state index in [1.165, 1.54) is 65.1 Å². The summed E-state index contributed by atoms with van der Waals surface area (Å²) in [5.41, 5.74) is 8.72. The van der Waals surface area contributed by atoms with E-state index in [0.717, 1.165) is 0 Å². The lowest BCUT2D eigenvalue weighted by molar-refractivity contribution is 0.575. The number of fused-ring (bicyclic) bond motifs is 8. The van der Waals surface area contributed by atoms with E-state index in [9.17, 15) is 0 Å². The van der Waals surface area contributed by atoms with Crippen LogP contribution < -0.4 is 0 Å². The fraction of sp³-hybridized carbons (Fsp3) is 0.0857. The molecule has 0 fully saturated rings. The second kappa shape index (κ2) is 7.89. The molecule has 0 atom stereocenters. The van der Waals surface area contributed by atoms with Crippen molar-refractivity contribution in [1.29, 1.82) is 0 Å².